The fourth-order valence-electron chi connectivity index (χ4n) is 1.72. The molecule has 0 aliphatic carbocycles. The third kappa shape index (κ3) is 4.84. The quantitative estimate of drug-likeness (QED) is 0.722. The fraction of sp³-hybridized carbons (Fsp3) is 0.917. The number of amides is 1. The van der Waals surface area contributed by atoms with E-state index in [2.05, 4.69) is 24.5 Å². The zero-order valence-electron chi connectivity index (χ0n) is 11.0. The van der Waals surface area contributed by atoms with Crippen LogP contribution in [0.2, 0.25) is 0 Å². The van der Waals surface area contributed by atoms with E-state index in [0.717, 1.165) is 19.4 Å². The molecule has 0 aromatic carbocycles. The summed E-state index contributed by atoms with van der Waals surface area (Å²) in [6.45, 7) is 10.8. The number of alkyl carbamates (subject to hydrolysis) is 1. The van der Waals surface area contributed by atoms with Gasteiger partial charge in [-0.2, -0.15) is 0 Å². The van der Waals surface area contributed by atoms with E-state index < -0.39 is 5.60 Å². The Balaban J connectivity index is 2.32. The molecule has 1 atom stereocenters. The summed E-state index contributed by atoms with van der Waals surface area (Å²) in [5, 5.41) is 6.30. The molecular weight excluding hydrogens is 204 g/mol. The van der Waals surface area contributed by atoms with Crippen molar-refractivity contribution in [2.75, 3.05) is 6.54 Å². The van der Waals surface area contributed by atoms with Gasteiger partial charge in [0.1, 0.15) is 5.60 Å². The van der Waals surface area contributed by atoms with Crippen LogP contribution in [0, 0.1) is 0 Å². The molecule has 1 fully saturated rings. The summed E-state index contributed by atoms with van der Waals surface area (Å²) in [5.74, 6) is 0. The van der Waals surface area contributed by atoms with Gasteiger partial charge >= 0.3 is 6.09 Å². The normalized spacial score (nSPS) is 24.9. The molecule has 1 saturated heterocycles. The average molecular weight is 228 g/mol. The maximum Gasteiger partial charge on any atom is 0.407 e. The minimum Gasteiger partial charge on any atom is -0.444 e. The van der Waals surface area contributed by atoms with Crippen molar-refractivity contribution in [1.29, 1.82) is 0 Å². The Morgan fingerprint density at radius 1 is 1.44 bits per heavy atom. The molecule has 0 aromatic rings. The van der Waals surface area contributed by atoms with Crippen LogP contribution >= 0.6 is 0 Å². The van der Waals surface area contributed by atoms with Crippen LogP contribution in [-0.2, 0) is 4.74 Å². The minimum atomic E-state index is -0.425. The molecule has 4 heteroatoms. The predicted molar refractivity (Wildman–Crippen MR) is 64.5 cm³/mol. The first-order valence-electron chi connectivity index (χ1n) is 5.92. The number of rotatable bonds is 1. The van der Waals surface area contributed by atoms with Crippen molar-refractivity contribution < 1.29 is 9.53 Å². The minimum absolute atomic E-state index is 0.183. The number of carbonyl (C=O) groups is 1. The molecule has 0 unspecified atom stereocenters. The molecule has 16 heavy (non-hydrogen) atoms. The van der Waals surface area contributed by atoms with Gasteiger partial charge in [0.05, 0.1) is 0 Å². The smallest absolute Gasteiger partial charge is 0.407 e. The fourth-order valence-corrected chi connectivity index (χ4v) is 1.72. The Morgan fingerprint density at radius 3 is 2.50 bits per heavy atom. The summed E-state index contributed by atoms with van der Waals surface area (Å²) in [7, 11) is 0. The van der Waals surface area contributed by atoms with Crippen LogP contribution in [0.15, 0.2) is 0 Å². The number of carbonyl (C=O) groups excluding carboxylic acids is 1. The van der Waals surface area contributed by atoms with E-state index in [-0.39, 0.29) is 17.7 Å². The molecule has 0 spiro atoms. The Labute approximate surface area is 98.1 Å². The third-order valence-corrected chi connectivity index (χ3v) is 2.67. The average Bonchev–Trinajstić information content (AvgIpc) is 2.05. The molecule has 4 nitrogen and oxygen atoms in total. The van der Waals surface area contributed by atoms with E-state index in [4.69, 9.17) is 4.74 Å². The Morgan fingerprint density at radius 2 is 2.06 bits per heavy atom. The number of piperidine rings is 1. The zero-order valence-corrected chi connectivity index (χ0v) is 11.0. The third-order valence-electron chi connectivity index (χ3n) is 2.67. The Hall–Kier alpha value is -0.770. The molecule has 0 radical (unpaired) electrons. The van der Waals surface area contributed by atoms with Crippen LogP contribution in [0.3, 0.4) is 0 Å². The molecule has 1 aliphatic rings. The van der Waals surface area contributed by atoms with Crippen molar-refractivity contribution in [3.05, 3.63) is 0 Å². The zero-order chi connectivity index (χ0) is 12.4. The molecule has 1 aliphatic heterocycles. The molecule has 1 amide bonds. The lowest BCUT2D eigenvalue weighted by Gasteiger charge is -2.36. The first kappa shape index (κ1) is 13.3. The lowest BCUT2D eigenvalue weighted by atomic mass is 9.91. The van der Waals surface area contributed by atoms with Gasteiger partial charge < -0.3 is 15.4 Å². The van der Waals surface area contributed by atoms with Crippen LogP contribution in [0.25, 0.3) is 0 Å². The monoisotopic (exact) mass is 228 g/mol. The van der Waals surface area contributed by atoms with Gasteiger partial charge in [0.25, 0.3) is 0 Å². The summed E-state index contributed by atoms with van der Waals surface area (Å²) in [6, 6.07) is 0.183. The van der Waals surface area contributed by atoms with Crippen molar-refractivity contribution in [3.8, 4) is 0 Å². The highest BCUT2D eigenvalue weighted by molar-refractivity contribution is 5.68. The molecule has 94 valence electrons. The molecule has 1 heterocycles. The number of hydrogen-bond donors (Lipinski definition) is 2. The van der Waals surface area contributed by atoms with Gasteiger partial charge in [0.2, 0.25) is 0 Å². The van der Waals surface area contributed by atoms with E-state index in [1.165, 1.54) is 0 Å². The van der Waals surface area contributed by atoms with E-state index >= 15 is 0 Å². The standard InChI is InChI=1S/C12H24N2O2/c1-11(2,3)16-10(15)14-9-6-7-12(4,5)13-8-9/h9,13H,6-8H2,1-5H3,(H,14,15)/t9-/m0/s1. The van der Waals surface area contributed by atoms with Crippen LogP contribution in [0.4, 0.5) is 4.79 Å². The number of ether oxygens (including phenoxy) is 1. The van der Waals surface area contributed by atoms with Gasteiger partial charge in [-0.1, -0.05) is 0 Å². The van der Waals surface area contributed by atoms with Crippen LogP contribution in [0.5, 0.6) is 0 Å². The number of nitrogens with one attached hydrogen (secondary N) is 2. The second-order valence-electron chi connectivity index (χ2n) is 6.15. The highest BCUT2D eigenvalue weighted by Gasteiger charge is 2.27. The molecule has 0 aromatic heterocycles. The van der Waals surface area contributed by atoms with Crippen LogP contribution in [-0.4, -0.2) is 29.8 Å². The van der Waals surface area contributed by atoms with E-state index in [9.17, 15) is 4.79 Å². The number of hydrogen-bond acceptors (Lipinski definition) is 3. The summed E-state index contributed by atoms with van der Waals surface area (Å²) < 4.78 is 5.21. The highest BCUT2D eigenvalue weighted by Crippen LogP contribution is 2.18. The molecule has 1 rings (SSSR count). The lowest BCUT2D eigenvalue weighted by Crippen LogP contribution is -2.54. The van der Waals surface area contributed by atoms with Crippen molar-refractivity contribution in [2.45, 2.75) is 64.6 Å². The van der Waals surface area contributed by atoms with E-state index in [1.807, 2.05) is 20.8 Å². The second kappa shape index (κ2) is 4.62. The summed E-state index contributed by atoms with van der Waals surface area (Å²) in [5.41, 5.74) is -0.239. The van der Waals surface area contributed by atoms with Crippen LogP contribution in [0.1, 0.15) is 47.5 Å². The van der Waals surface area contributed by atoms with Gasteiger partial charge in [0, 0.05) is 18.1 Å². The molecule has 0 saturated carbocycles. The largest absolute Gasteiger partial charge is 0.444 e. The summed E-state index contributed by atoms with van der Waals surface area (Å²) in [4.78, 5) is 11.5. The van der Waals surface area contributed by atoms with Crippen molar-refractivity contribution in [1.82, 2.24) is 10.6 Å². The predicted octanol–water partition coefficient (Wildman–Crippen LogP) is 2.04. The molecule has 2 N–H and O–H groups in total. The maximum absolute atomic E-state index is 11.5. The van der Waals surface area contributed by atoms with E-state index in [1.54, 1.807) is 0 Å². The molecule has 0 bridgehead atoms. The first-order chi connectivity index (χ1) is 7.18. The van der Waals surface area contributed by atoms with Crippen molar-refractivity contribution in [3.63, 3.8) is 0 Å². The Bertz CT molecular complexity index is 246. The van der Waals surface area contributed by atoms with Gasteiger partial charge in [-0.3, -0.25) is 0 Å². The Kier molecular flexibility index (Phi) is 3.84. The highest BCUT2D eigenvalue weighted by atomic mass is 16.6. The van der Waals surface area contributed by atoms with Gasteiger partial charge in [-0.15, -0.1) is 0 Å². The van der Waals surface area contributed by atoms with Crippen LogP contribution < -0.4 is 10.6 Å². The first-order valence-corrected chi connectivity index (χ1v) is 5.92. The second-order valence-corrected chi connectivity index (χ2v) is 6.15. The van der Waals surface area contributed by atoms with Gasteiger partial charge in [-0.05, 0) is 47.5 Å². The topological polar surface area (TPSA) is 50.4 Å². The van der Waals surface area contributed by atoms with Gasteiger partial charge in [0.15, 0.2) is 0 Å². The SMILES string of the molecule is CC1(C)CC[C@H](NC(=O)OC(C)(C)C)CN1. The van der Waals surface area contributed by atoms with Crippen molar-refractivity contribution >= 4 is 6.09 Å². The maximum atomic E-state index is 11.5. The van der Waals surface area contributed by atoms with E-state index in [0.29, 0.717) is 0 Å². The van der Waals surface area contributed by atoms with Crippen molar-refractivity contribution in [2.24, 2.45) is 0 Å². The molecular formula is C12H24N2O2. The lowest BCUT2D eigenvalue weighted by molar-refractivity contribution is 0.0487. The summed E-state index contributed by atoms with van der Waals surface area (Å²) >= 11 is 0. The summed E-state index contributed by atoms with van der Waals surface area (Å²) in [6.07, 6.45) is 1.74. The van der Waals surface area contributed by atoms with Gasteiger partial charge in [-0.25, -0.2) is 4.79 Å².